The maximum absolute atomic E-state index is 12.2. The number of hydrogen-bond acceptors (Lipinski definition) is 3. The van der Waals surface area contributed by atoms with Gasteiger partial charge in [0.1, 0.15) is 0 Å². The molecule has 0 spiro atoms. The van der Waals surface area contributed by atoms with Crippen molar-refractivity contribution in [1.29, 1.82) is 0 Å². The van der Waals surface area contributed by atoms with E-state index in [-0.39, 0.29) is 23.7 Å². The molecule has 1 aromatic carbocycles. The largest absolute Gasteiger partial charge is 0.326 e. The monoisotopic (exact) mass is 246 g/mol. The number of aryl methyl sites for hydroxylation is 1. The summed E-state index contributed by atoms with van der Waals surface area (Å²) in [6.07, 6.45) is 0. The molecule has 1 heterocycles. The van der Waals surface area contributed by atoms with E-state index in [0.717, 1.165) is 11.1 Å². The SMILES string of the molecule is Cc1cccc(N2C(=O)C(C)C(C)C2=O)c1CN. The maximum atomic E-state index is 12.2. The Labute approximate surface area is 107 Å². The van der Waals surface area contributed by atoms with E-state index in [2.05, 4.69) is 0 Å². The molecule has 0 aliphatic carbocycles. The molecule has 2 N–H and O–H groups in total. The lowest BCUT2D eigenvalue weighted by Crippen LogP contribution is -2.32. The number of anilines is 1. The van der Waals surface area contributed by atoms with Gasteiger partial charge in [-0.15, -0.1) is 0 Å². The van der Waals surface area contributed by atoms with Crippen molar-refractivity contribution >= 4 is 17.5 Å². The topological polar surface area (TPSA) is 63.4 Å². The lowest BCUT2D eigenvalue weighted by atomic mass is 10.00. The van der Waals surface area contributed by atoms with Crippen molar-refractivity contribution in [3.8, 4) is 0 Å². The van der Waals surface area contributed by atoms with Crippen molar-refractivity contribution in [1.82, 2.24) is 0 Å². The Balaban J connectivity index is 2.53. The highest BCUT2D eigenvalue weighted by molar-refractivity contribution is 6.22. The molecule has 0 radical (unpaired) electrons. The summed E-state index contributed by atoms with van der Waals surface area (Å²) in [4.78, 5) is 25.6. The van der Waals surface area contributed by atoms with Gasteiger partial charge >= 0.3 is 0 Å². The van der Waals surface area contributed by atoms with Gasteiger partial charge in [-0.05, 0) is 24.1 Å². The quantitative estimate of drug-likeness (QED) is 0.806. The molecule has 2 rings (SSSR count). The Hall–Kier alpha value is -1.68. The number of nitrogens with two attached hydrogens (primary N) is 1. The van der Waals surface area contributed by atoms with Gasteiger partial charge in [0.15, 0.2) is 0 Å². The molecule has 1 aliphatic heterocycles. The van der Waals surface area contributed by atoms with Crippen LogP contribution in [0.15, 0.2) is 18.2 Å². The number of carbonyl (C=O) groups excluding carboxylic acids is 2. The second-order valence-corrected chi connectivity index (χ2v) is 4.87. The standard InChI is InChI=1S/C14H18N2O2/c1-8-5-4-6-12(11(8)7-15)16-13(17)9(2)10(3)14(16)18/h4-6,9-10H,7,15H2,1-3H3. The van der Waals surface area contributed by atoms with E-state index in [1.807, 2.05) is 19.1 Å². The summed E-state index contributed by atoms with van der Waals surface area (Å²) in [7, 11) is 0. The first kappa shape index (κ1) is 12.8. The van der Waals surface area contributed by atoms with E-state index in [4.69, 9.17) is 5.73 Å². The van der Waals surface area contributed by atoms with Crippen LogP contribution in [-0.4, -0.2) is 11.8 Å². The van der Waals surface area contributed by atoms with E-state index < -0.39 is 0 Å². The smallest absolute Gasteiger partial charge is 0.237 e. The van der Waals surface area contributed by atoms with Gasteiger partial charge in [0, 0.05) is 18.4 Å². The molecule has 4 nitrogen and oxygen atoms in total. The Morgan fingerprint density at radius 3 is 2.22 bits per heavy atom. The van der Waals surface area contributed by atoms with Gasteiger partial charge in [0.05, 0.1) is 5.69 Å². The molecule has 1 aromatic rings. The number of imide groups is 1. The first-order valence-corrected chi connectivity index (χ1v) is 6.15. The van der Waals surface area contributed by atoms with Gasteiger partial charge in [0.2, 0.25) is 11.8 Å². The van der Waals surface area contributed by atoms with Gasteiger partial charge in [-0.25, -0.2) is 4.90 Å². The Bertz CT molecular complexity index is 491. The van der Waals surface area contributed by atoms with Crippen molar-refractivity contribution in [2.45, 2.75) is 27.3 Å². The zero-order chi connectivity index (χ0) is 13.4. The second kappa shape index (κ2) is 4.53. The van der Waals surface area contributed by atoms with Crippen molar-refractivity contribution in [2.75, 3.05) is 4.90 Å². The molecule has 1 saturated heterocycles. The minimum atomic E-state index is -0.261. The Morgan fingerprint density at radius 2 is 1.72 bits per heavy atom. The summed E-state index contributed by atoms with van der Waals surface area (Å²) in [6.45, 7) is 5.84. The van der Waals surface area contributed by atoms with Gasteiger partial charge in [-0.3, -0.25) is 9.59 Å². The average Bonchev–Trinajstić information content (AvgIpc) is 2.54. The van der Waals surface area contributed by atoms with Crippen LogP contribution in [0.1, 0.15) is 25.0 Å². The summed E-state index contributed by atoms with van der Waals surface area (Å²) in [5, 5.41) is 0. The number of nitrogens with zero attached hydrogens (tertiary/aromatic N) is 1. The highest BCUT2D eigenvalue weighted by Gasteiger charge is 2.43. The average molecular weight is 246 g/mol. The fourth-order valence-corrected chi connectivity index (χ4v) is 2.34. The van der Waals surface area contributed by atoms with E-state index in [9.17, 15) is 9.59 Å². The van der Waals surface area contributed by atoms with E-state index in [0.29, 0.717) is 12.2 Å². The fraction of sp³-hybridized carbons (Fsp3) is 0.429. The third-order valence-electron chi connectivity index (χ3n) is 3.80. The zero-order valence-corrected chi connectivity index (χ0v) is 10.9. The number of benzene rings is 1. The van der Waals surface area contributed by atoms with Crippen LogP contribution in [0.3, 0.4) is 0 Å². The van der Waals surface area contributed by atoms with Crippen LogP contribution in [0, 0.1) is 18.8 Å². The van der Waals surface area contributed by atoms with E-state index >= 15 is 0 Å². The zero-order valence-electron chi connectivity index (χ0n) is 10.9. The molecule has 1 fully saturated rings. The maximum Gasteiger partial charge on any atom is 0.237 e. The number of carbonyl (C=O) groups is 2. The minimum Gasteiger partial charge on any atom is -0.326 e. The predicted octanol–water partition coefficient (Wildman–Crippen LogP) is 1.60. The highest BCUT2D eigenvalue weighted by Crippen LogP contribution is 2.33. The van der Waals surface area contributed by atoms with Crippen LogP contribution < -0.4 is 10.6 Å². The Morgan fingerprint density at radius 1 is 1.17 bits per heavy atom. The summed E-state index contributed by atoms with van der Waals surface area (Å²) >= 11 is 0. The molecule has 0 saturated carbocycles. The lowest BCUT2D eigenvalue weighted by molar-refractivity contribution is -0.122. The molecule has 1 aliphatic rings. The summed E-state index contributed by atoms with van der Waals surface area (Å²) < 4.78 is 0. The van der Waals surface area contributed by atoms with Crippen molar-refractivity contribution in [2.24, 2.45) is 17.6 Å². The lowest BCUT2D eigenvalue weighted by Gasteiger charge is -2.19. The molecule has 0 bridgehead atoms. The Kier molecular flexibility index (Phi) is 3.22. The predicted molar refractivity (Wildman–Crippen MR) is 69.9 cm³/mol. The summed E-state index contributed by atoms with van der Waals surface area (Å²) in [5.74, 6) is -0.784. The number of amides is 2. The molecule has 2 unspecified atom stereocenters. The van der Waals surface area contributed by atoms with Crippen LogP contribution in [0.2, 0.25) is 0 Å². The molecule has 2 atom stereocenters. The first-order valence-electron chi connectivity index (χ1n) is 6.15. The third kappa shape index (κ3) is 1.73. The van der Waals surface area contributed by atoms with Crippen molar-refractivity contribution < 1.29 is 9.59 Å². The van der Waals surface area contributed by atoms with Crippen LogP contribution in [0.25, 0.3) is 0 Å². The number of hydrogen-bond donors (Lipinski definition) is 1. The van der Waals surface area contributed by atoms with Gasteiger partial charge in [-0.2, -0.15) is 0 Å². The molecule has 4 heteroatoms. The molecule has 0 aromatic heterocycles. The van der Waals surface area contributed by atoms with E-state index in [1.54, 1.807) is 19.9 Å². The molecular weight excluding hydrogens is 228 g/mol. The first-order chi connectivity index (χ1) is 8.49. The molecular formula is C14H18N2O2. The van der Waals surface area contributed by atoms with Crippen LogP contribution in [0.4, 0.5) is 5.69 Å². The van der Waals surface area contributed by atoms with Crippen LogP contribution >= 0.6 is 0 Å². The van der Waals surface area contributed by atoms with Crippen molar-refractivity contribution in [3.63, 3.8) is 0 Å². The summed E-state index contributed by atoms with van der Waals surface area (Å²) in [6, 6.07) is 5.57. The van der Waals surface area contributed by atoms with Crippen LogP contribution in [0.5, 0.6) is 0 Å². The molecule has 2 amide bonds. The van der Waals surface area contributed by atoms with Gasteiger partial charge in [-0.1, -0.05) is 26.0 Å². The normalized spacial score (nSPS) is 23.9. The minimum absolute atomic E-state index is 0.132. The van der Waals surface area contributed by atoms with Crippen LogP contribution in [-0.2, 0) is 16.1 Å². The molecule has 18 heavy (non-hydrogen) atoms. The van der Waals surface area contributed by atoms with Gasteiger partial charge < -0.3 is 5.73 Å². The summed E-state index contributed by atoms with van der Waals surface area (Å²) in [5.41, 5.74) is 8.24. The molecule has 96 valence electrons. The second-order valence-electron chi connectivity index (χ2n) is 4.87. The fourth-order valence-electron chi connectivity index (χ4n) is 2.34. The van der Waals surface area contributed by atoms with Gasteiger partial charge in [0.25, 0.3) is 0 Å². The third-order valence-corrected chi connectivity index (χ3v) is 3.80. The van der Waals surface area contributed by atoms with E-state index in [1.165, 1.54) is 4.90 Å². The highest BCUT2D eigenvalue weighted by atomic mass is 16.2. The van der Waals surface area contributed by atoms with Crippen molar-refractivity contribution in [3.05, 3.63) is 29.3 Å². The number of rotatable bonds is 2.